The van der Waals surface area contributed by atoms with E-state index >= 15 is 0 Å². The summed E-state index contributed by atoms with van der Waals surface area (Å²) in [4.78, 5) is 24.9. The van der Waals surface area contributed by atoms with Gasteiger partial charge in [0, 0.05) is 25.3 Å². The van der Waals surface area contributed by atoms with Crippen LogP contribution < -0.4 is 10.2 Å². The molecule has 2 N–H and O–H groups in total. The molecule has 0 aliphatic rings. The third-order valence-corrected chi connectivity index (χ3v) is 3.69. The zero-order valence-corrected chi connectivity index (χ0v) is 11.9. The Bertz CT molecular complexity index is 632. The number of aromatic carboxylic acids is 1. The number of anilines is 2. The lowest BCUT2D eigenvalue weighted by Crippen LogP contribution is -2.12. The van der Waals surface area contributed by atoms with Crippen LogP contribution in [0.1, 0.15) is 20.0 Å². The van der Waals surface area contributed by atoms with Gasteiger partial charge in [-0.05, 0) is 36.4 Å². The van der Waals surface area contributed by atoms with E-state index < -0.39 is 5.97 Å². The third kappa shape index (κ3) is 3.16. The zero-order chi connectivity index (χ0) is 14.7. The van der Waals surface area contributed by atoms with Crippen molar-refractivity contribution >= 4 is 33.9 Å². The first kappa shape index (κ1) is 14.1. The predicted octanol–water partition coefficient (Wildman–Crippen LogP) is 2.76. The summed E-state index contributed by atoms with van der Waals surface area (Å²) in [5.74, 6) is -1.25. The summed E-state index contributed by atoms with van der Waals surface area (Å²) < 4.78 is 0. The molecule has 0 bridgehead atoms. The second-order valence-corrected chi connectivity index (χ2v) is 5.45. The minimum absolute atomic E-state index is 0.197. The molecule has 0 saturated carbocycles. The smallest absolute Gasteiger partial charge is 0.345 e. The van der Waals surface area contributed by atoms with Crippen molar-refractivity contribution in [1.29, 1.82) is 0 Å². The molecule has 0 spiro atoms. The minimum atomic E-state index is -0.995. The second kappa shape index (κ2) is 5.75. The highest BCUT2D eigenvalue weighted by Gasteiger charge is 2.10. The fourth-order valence-corrected chi connectivity index (χ4v) is 2.36. The topological polar surface area (TPSA) is 69.6 Å². The van der Waals surface area contributed by atoms with Crippen LogP contribution in [0.4, 0.5) is 10.7 Å². The molecule has 1 heterocycles. The van der Waals surface area contributed by atoms with Gasteiger partial charge in [0.2, 0.25) is 0 Å². The van der Waals surface area contributed by atoms with Crippen molar-refractivity contribution in [3.63, 3.8) is 0 Å². The van der Waals surface area contributed by atoms with Crippen LogP contribution >= 0.6 is 11.3 Å². The van der Waals surface area contributed by atoms with E-state index in [0.717, 1.165) is 17.0 Å². The number of benzene rings is 1. The molecule has 0 unspecified atom stereocenters. The van der Waals surface area contributed by atoms with Crippen molar-refractivity contribution in [2.75, 3.05) is 24.3 Å². The Morgan fingerprint density at radius 1 is 1.10 bits per heavy atom. The number of rotatable bonds is 4. The van der Waals surface area contributed by atoms with Gasteiger partial charge in [-0.1, -0.05) is 0 Å². The van der Waals surface area contributed by atoms with E-state index in [1.165, 1.54) is 6.07 Å². The molecule has 0 aliphatic heterocycles. The normalized spacial score (nSPS) is 10.1. The molecule has 6 heteroatoms. The van der Waals surface area contributed by atoms with Crippen LogP contribution in [0.15, 0.2) is 36.4 Å². The van der Waals surface area contributed by atoms with Gasteiger partial charge < -0.3 is 15.3 Å². The summed E-state index contributed by atoms with van der Waals surface area (Å²) in [6.07, 6.45) is 0. The van der Waals surface area contributed by atoms with Crippen LogP contribution in [0.2, 0.25) is 0 Å². The lowest BCUT2D eigenvalue weighted by molar-refractivity contribution is 0.0702. The highest BCUT2D eigenvalue weighted by Crippen LogP contribution is 2.22. The molecule has 20 heavy (non-hydrogen) atoms. The molecule has 1 aromatic carbocycles. The monoisotopic (exact) mass is 290 g/mol. The Hall–Kier alpha value is -2.34. The maximum absolute atomic E-state index is 12.0. The Labute approximate surface area is 120 Å². The Balaban J connectivity index is 2.09. The Morgan fingerprint density at radius 2 is 1.75 bits per heavy atom. The van der Waals surface area contributed by atoms with Gasteiger partial charge in [0.1, 0.15) is 4.88 Å². The first-order valence-electron chi connectivity index (χ1n) is 5.89. The molecule has 0 aliphatic carbocycles. The molecular formula is C14H14N2O3S. The molecule has 0 atom stereocenters. The van der Waals surface area contributed by atoms with Crippen molar-refractivity contribution in [3.05, 3.63) is 46.8 Å². The highest BCUT2D eigenvalue weighted by atomic mass is 32.1. The molecule has 1 amide bonds. The van der Waals surface area contributed by atoms with Crippen LogP contribution in [-0.2, 0) is 0 Å². The largest absolute Gasteiger partial charge is 0.477 e. The standard InChI is InChI=1S/C14H14N2O3S/c1-16(2)10-5-3-9(4-6-10)13(17)15-12-8-7-11(20-12)14(18)19/h3-8H,1-2H3,(H,15,17)(H,18,19). The van der Waals surface area contributed by atoms with Crippen LogP contribution in [0.3, 0.4) is 0 Å². The Morgan fingerprint density at radius 3 is 2.25 bits per heavy atom. The van der Waals surface area contributed by atoms with E-state index in [4.69, 9.17) is 5.11 Å². The van der Waals surface area contributed by atoms with Gasteiger partial charge in [0.05, 0.1) is 5.00 Å². The summed E-state index contributed by atoms with van der Waals surface area (Å²) in [6.45, 7) is 0. The van der Waals surface area contributed by atoms with Gasteiger partial charge in [0.15, 0.2) is 0 Å². The molecule has 5 nitrogen and oxygen atoms in total. The number of carboxylic acids is 1. The fraction of sp³-hybridized carbons (Fsp3) is 0.143. The molecule has 2 rings (SSSR count). The molecule has 0 radical (unpaired) electrons. The number of nitrogens with zero attached hydrogens (tertiary/aromatic N) is 1. The molecule has 0 fully saturated rings. The van der Waals surface area contributed by atoms with E-state index in [-0.39, 0.29) is 10.8 Å². The van der Waals surface area contributed by atoms with Crippen LogP contribution in [0, 0.1) is 0 Å². The summed E-state index contributed by atoms with van der Waals surface area (Å²) >= 11 is 1.03. The van der Waals surface area contributed by atoms with Gasteiger partial charge in [-0.15, -0.1) is 11.3 Å². The van der Waals surface area contributed by atoms with E-state index in [1.54, 1.807) is 18.2 Å². The van der Waals surface area contributed by atoms with Gasteiger partial charge in [-0.3, -0.25) is 4.79 Å². The lowest BCUT2D eigenvalue weighted by Gasteiger charge is -2.12. The maximum atomic E-state index is 12.0. The van der Waals surface area contributed by atoms with Crippen LogP contribution in [-0.4, -0.2) is 31.1 Å². The summed E-state index contributed by atoms with van der Waals surface area (Å²) in [5.41, 5.74) is 1.53. The molecule has 0 saturated heterocycles. The number of hydrogen-bond acceptors (Lipinski definition) is 4. The summed E-state index contributed by atoms with van der Waals surface area (Å²) in [6, 6.07) is 10.2. The third-order valence-electron chi connectivity index (χ3n) is 2.70. The number of carbonyl (C=O) groups excluding carboxylic acids is 1. The fourth-order valence-electron chi connectivity index (χ4n) is 1.62. The number of amides is 1. The van der Waals surface area contributed by atoms with Gasteiger partial charge in [-0.25, -0.2) is 4.79 Å². The quantitative estimate of drug-likeness (QED) is 0.908. The first-order chi connectivity index (χ1) is 9.47. The van der Waals surface area contributed by atoms with Crippen molar-refractivity contribution in [1.82, 2.24) is 0 Å². The van der Waals surface area contributed by atoms with Crippen LogP contribution in [0.5, 0.6) is 0 Å². The number of nitrogens with one attached hydrogen (secondary N) is 1. The van der Waals surface area contributed by atoms with Gasteiger partial charge in [-0.2, -0.15) is 0 Å². The maximum Gasteiger partial charge on any atom is 0.345 e. The summed E-state index contributed by atoms with van der Waals surface area (Å²) in [5, 5.41) is 12.0. The van der Waals surface area contributed by atoms with E-state index in [0.29, 0.717) is 10.6 Å². The van der Waals surface area contributed by atoms with E-state index in [9.17, 15) is 9.59 Å². The second-order valence-electron chi connectivity index (χ2n) is 4.36. The van der Waals surface area contributed by atoms with Crippen molar-refractivity contribution in [3.8, 4) is 0 Å². The van der Waals surface area contributed by atoms with Gasteiger partial charge >= 0.3 is 5.97 Å². The average Bonchev–Trinajstić information content (AvgIpc) is 2.87. The Kier molecular flexibility index (Phi) is 4.05. The number of hydrogen-bond donors (Lipinski definition) is 2. The number of carboxylic acid groups (broad SMARTS) is 1. The molecule has 2 aromatic rings. The summed E-state index contributed by atoms with van der Waals surface area (Å²) in [7, 11) is 3.85. The zero-order valence-electron chi connectivity index (χ0n) is 11.1. The molecular weight excluding hydrogens is 276 g/mol. The van der Waals surface area contributed by atoms with E-state index in [2.05, 4.69) is 5.32 Å². The van der Waals surface area contributed by atoms with Crippen molar-refractivity contribution in [2.24, 2.45) is 0 Å². The van der Waals surface area contributed by atoms with Crippen molar-refractivity contribution < 1.29 is 14.7 Å². The minimum Gasteiger partial charge on any atom is -0.477 e. The predicted molar refractivity (Wildman–Crippen MR) is 80.0 cm³/mol. The highest BCUT2D eigenvalue weighted by molar-refractivity contribution is 7.18. The number of thiophene rings is 1. The average molecular weight is 290 g/mol. The lowest BCUT2D eigenvalue weighted by atomic mass is 10.2. The van der Waals surface area contributed by atoms with Crippen molar-refractivity contribution in [2.45, 2.75) is 0 Å². The SMILES string of the molecule is CN(C)c1ccc(C(=O)Nc2ccc(C(=O)O)s2)cc1. The first-order valence-corrected chi connectivity index (χ1v) is 6.71. The number of carbonyl (C=O) groups is 2. The molecule has 1 aromatic heterocycles. The molecule has 104 valence electrons. The van der Waals surface area contributed by atoms with E-state index in [1.807, 2.05) is 31.1 Å². The van der Waals surface area contributed by atoms with Crippen LogP contribution in [0.25, 0.3) is 0 Å². The van der Waals surface area contributed by atoms with Gasteiger partial charge in [0.25, 0.3) is 5.91 Å².